The van der Waals surface area contributed by atoms with Gasteiger partial charge in [-0.15, -0.1) is 0 Å². The standard InChI is InChI=1S/C24H23NO3/c1-25(14-17-10-12-18(15-26)13-11-17)24(27)28-16-23-21-8-4-2-6-19(21)20-7-3-5-9-22(20)23/h2-13,23,26H,14-16H2,1H3. The molecule has 0 aromatic heterocycles. The van der Waals surface area contributed by atoms with Gasteiger partial charge < -0.3 is 14.7 Å². The predicted octanol–water partition coefficient (Wildman–Crippen LogP) is 4.56. The number of benzene rings is 3. The largest absolute Gasteiger partial charge is 0.448 e. The number of hydrogen-bond donors (Lipinski definition) is 1. The van der Waals surface area contributed by atoms with E-state index in [0.29, 0.717) is 13.2 Å². The lowest BCUT2D eigenvalue weighted by atomic mass is 9.98. The van der Waals surface area contributed by atoms with E-state index in [1.165, 1.54) is 22.3 Å². The van der Waals surface area contributed by atoms with Crippen molar-refractivity contribution < 1.29 is 14.6 Å². The molecule has 1 aliphatic carbocycles. The van der Waals surface area contributed by atoms with E-state index in [9.17, 15) is 4.79 Å². The minimum absolute atomic E-state index is 0.0164. The van der Waals surface area contributed by atoms with E-state index in [0.717, 1.165) is 11.1 Å². The van der Waals surface area contributed by atoms with Crippen molar-refractivity contribution in [2.75, 3.05) is 13.7 Å². The molecule has 3 aromatic carbocycles. The molecule has 1 amide bonds. The molecule has 0 heterocycles. The van der Waals surface area contributed by atoms with E-state index < -0.39 is 0 Å². The second-order valence-corrected chi connectivity index (χ2v) is 7.13. The third kappa shape index (κ3) is 3.51. The van der Waals surface area contributed by atoms with Gasteiger partial charge in [-0.25, -0.2) is 4.79 Å². The van der Waals surface area contributed by atoms with Crippen LogP contribution in [0.15, 0.2) is 72.8 Å². The van der Waals surface area contributed by atoms with Crippen molar-refractivity contribution in [1.29, 1.82) is 0 Å². The van der Waals surface area contributed by atoms with Crippen LogP contribution < -0.4 is 0 Å². The van der Waals surface area contributed by atoms with Crippen LogP contribution in [0.1, 0.15) is 28.2 Å². The van der Waals surface area contributed by atoms with Crippen molar-refractivity contribution >= 4 is 6.09 Å². The average molecular weight is 373 g/mol. The predicted molar refractivity (Wildman–Crippen MR) is 109 cm³/mol. The molecule has 0 unspecified atom stereocenters. The van der Waals surface area contributed by atoms with E-state index in [2.05, 4.69) is 24.3 Å². The summed E-state index contributed by atoms with van der Waals surface area (Å²) in [6, 6.07) is 24.2. The summed E-state index contributed by atoms with van der Waals surface area (Å²) in [5, 5.41) is 9.13. The molecule has 0 saturated carbocycles. The molecule has 3 aromatic rings. The minimum Gasteiger partial charge on any atom is -0.448 e. The third-order valence-electron chi connectivity index (χ3n) is 5.27. The Labute approximate surface area is 165 Å². The molecular weight excluding hydrogens is 350 g/mol. The van der Waals surface area contributed by atoms with Gasteiger partial charge >= 0.3 is 6.09 Å². The first-order chi connectivity index (χ1) is 13.7. The normalized spacial score (nSPS) is 12.4. The first-order valence-electron chi connectivity index (χ1n) is 9.42. The number of ether oxygens (including phenoxy) is 1. The van der Waals surface area contributed by atoms with Crippen LogP contribution >= 0.6 is 0 Å². The fourth-order valence-electron chi connectivity index (χ4n) is 3.79. The molecule has 142 valence electrons. The minimum atomic E-state index is -0.340. The highest BCUT2D eigenvalue weighted by atomic mass is 16.6. The summed E-state index contributed by atoms with van der Waals surface area (Å²) in [6.07, 6.45) is -0.340. The van der Waals surface area contributed by atoms with Crippen LogP contribution in [0.25, 0.3) is 11.1 Å². The SMILES string of the molecule is CN(Cc1ccc(CO)cc1)C(=O)OCC1c2ccccc2-c2ccccc21. The van der Waals surface area contributed by atoms with Gasteiger partial charge in [0.25, 0.3) is 0 Å². The van der Waals surface area contributed by atoms with Crippen LogP contribution in [0.4, 0.5) is 4.79 Å². The molecule has 0 atom stereocenters. The van der Waals surface area contributed by atoms with Gasteiger partial charge in [0, 0.05) is 19.5 Å². The van der Waals surface area contributed by atoms with Gasteiger partial charge in [-0.1, -0.05) is 72.8 Å². The number of hydrogen-bond acceptors (Lipinski definition) is 3. The van der Waals surface area contributed by atoms with Crippen LogP contribution in [-0.4, -0.2) is 29.8 Å². The van der Waals surface area contributed by atoms with Crippen molar-refractivity contribution in [2.45, 2.75) is 19.1 Å². The van der Waals surface area contributed by atoms with Gasteiger partial charge in [0.2, 0.25) is 0 Å². The number of nitrogens with zero attached hydrogens (tertiary/aromatic N) is 1. The second-order valence-electron chi connectivity index (χ2n) is 7.13. The van der Waals surface area contributed by atoms with E-state index in [-0.39, 0.29) is 18.6 Å². The highest BCUT2D eigenvalue weighted by molar-refractivity contribution is 5.79. The van der Waals surface area contributed by atoms with Gasteiger partial charge in [0.1, 0.15) is 6.61 Å². The van der Waals surface area contributed by atoms with E-state index in [4.69, 9.17) is 9.84 Å². The molecule has 0 aliphatic heterocycles. The van der Waals surface area contributed by atoms with Crippen molar-refractivity contribution in [1.82, 2.24) is 4.90 Å². The molecule has 0 fully saturated rings. The van der Waals surface area contributed by atoms with Crippen molar-refractivity contribution in [2.24, 2.45) is 0 Å². The average Bonchev–Trinajstić information content (AvgIpc) is 3.06. The Bertz CT molecular complexity index is 936. The van der Waals surface area contributed by atoms with Crippen molar-refractivity contribution in [3.63, 3.8) is 0 Å². The smallest absolute Gasteiger partial charge is 0.409 e. The summed E-state index contributed by atoms with van der Waals surface area (Å²) >= 11 is 0. The molecule has 4 rings (SSSR count). The lowest BCUT2D eigenvalue weighted by Gasteiger charge is -2.20. The van der Waals surface area contributed by atoms with Crippen LogP contribution in [0.5, 0.6) is 0 Å². The Hall–Kier alpha value is -3.11. The molecule has 1 N–H and O–H groups in total. The highest BCUT2D eigenvalue weighted by Gasteiger charge is 2.29. The maximum Gasteiger partial charge on any atom is 0.409 e. The molecule has 0 radical (unpaired) electrons. The number of carbonyl (C=O) groups is 1. The summed E-state index contributed by atoms with van der Waals surface area (Å²) in [5.74, 6) is 0.0635. The fraction of sp³-hybridized carbons (Fsp3) is 0.208. The summed E-state index contributed by atoms with van der Waals surface area (Å²) < 4.78 is 5.67. The van der Waals surface area contributed by atoms with Gasteiger partial charge in [-0.3, -0.25) is 0 Å². The molecule has 1 aliphatic rings. The lowest BCUT2D eigenvalue weighted by Crippen LogP contribution is -2.28. The van der Waals surface area contributed by atoms with Gasteiger partial charge in [0.15, 0.2) is 0 Å². The van der Waals surface area contributed by atoms with Gasteiger partial charge in [-0.05, 0) is 33.4 Å². The number of rotatable bonds is 5. The zero-order chi connectivity index (χ0) is 19.5. The van der Waals surface area contributed by atoms with E-state index in [1.807, 2.05) is 48.5 Å². The van der Waals surface area contributed by atoms with E-state index in [1.54, 1.807) is 11.9 Å². The number of amides is 1. The maximum atomic E-state index is 12.5. The molecule has 28 heavy (non-hydrogen) atoms. The Morgan fingerprint density at radius 2 is 1.43 bits per heavy atom. The Morgan fingerprint density at radius 1 is 0.893 bits per heavy atom. The quantitative estimate of drug-likeness (QED) is 0.713. The monoisotopic (exact) mass is 373 g/mol. The highest BCUT2D eigenvalue weighted by Crippen LogP contribution is 2.44. The second kappa shape index (κ2) is 7.87. The van der Waals surface area contributed by atoms with E-state index >= 15 is 0 Å². The Morgan fingerprint density at radius 3 is 2.00 bits per heavy atom. The molecule has 4 nitrogen and oxygen atoms in total. The first kappa shape index (κ1) is 18.3. The molecule has 0 bridgehead atoms. The summed E-state index contributed by atoms with van der Waals surface area (Å²) in [6.45, 7) is 0.797. The molecule has 0 spiro atoms. The number of fused-ring (bicyclic) bond motifs is 3. The van der Waals surface area contributed by atoms with Crippen LogP contribution in [0.3, 0.4) is 0 Å². The maximum absolute atomic E-state index is 12.5. The van der Waals surface area contributed by atoms with Crippen LogP contribution in [0.2, 0.25) is 0 Å². The zero-order valence-corrected chi connectivity index (χ0v) is 15.8. The number of carbonyl (C=O) groups excluding carboxylic acids is 1. The number of aliphatic hydroxyl groups excluding tert-OH is 1. The zero-order valence-electron chi connectivity index (χ0n) is 15.8. The van der Waals surface area contributed by atoms with Gasteiger partial charge in [-0.2, -0.15) is 0 Å². The molecule has 4 heteroatoms. The Balaban J connectivity index is 1.43. The molecular formula is C24H23NO3. The summed E-state index contributed by atoms with van der Waals surface area (Å²) in [5.41, 5.74) is 6.70. The molecule has 0 saturated heterocycles. The summed E-state index contributed by atoms with van der Waals surface area (Å²) in [7, 11) is 1.73. The fourth-order valence-corrected chi connectivity index (χ4v) is 3.79. The first-order valence-corrected chi connectivity index (χ1v) is 9.42. The van der Waals surface area contributed by atoms with Gasteiger partial charge in [0.05, 0.1) is 6.61 Å². The lowest BCUT2D eigenvalue weighted by molar-refractivity contribution is 0.106. The topological polar surface area (TPSA) is 49.8 Å². The van der Waals surface area contributed by atoms with Crippen molar-refractivity contribution in [3.8, 4) is 11.1 Å². The number of aliphatic hydroxyl groups is 1. The summed E-state index contributed by atoms with van der Waals surface area (Å²) in [4.78, 5) is 14.1. The van der Waals surface area contributed by atoms with Crippen LogP contribution in [0, 0.1) is 0 Å². The van der Waals surface area contributed by atoms with Crippen LogP contribution in [-0.2, 0) is 17.9 Å². The Kier molecular flexibility index (Phi) is 5.13. The van der Waals surface area contributed by atoms with Crippen molar-refractivity contribution in [3.05, 3.63) is 95.1 Å². The third-order valence-corrected chi connectivity index (χ3v) is 5.27.